The molecule has 3 heteroatoms. The van der Waals surface area contributed by atoms with Crippen molar-refractivity contribution in [2.75, 3.05) is 11.5 Å². The van der Waals surface area contributed by atoms with Gasteiger partial charge in [0.05, 0.1) is 11.5 Å². The largest absolute Gasteiger partial charge is 0.229 e. The summed E-state index contributed by atoms with van der Waals surface area (Å²) in [5.74, 6) is 3.07. The normalized spacial score (nSPS) is 53.0. The molecule has 2 bridgehead atoms. The van der Waals surface area contributed by atoms with Crippen molar-refractivity contribution in [3.8, 4) is 0 Å². The second-order valence-corrected chi connectivity index (χ2v) is 6.51. The molecule has 3 aliphatic rings. The van der Waals surface area contributed by atoms with E-state index in [0.29, 0.717) is 35.2 Å². The Balaban J connectivity index is 2.01. The van der Waals surface area contributed by atoms with Gasteiger partial charge in [0.1, 0.15) is 0 Å². The van der Waals surface area contributed by atoms with Crippen molar-refractivity contribution in [2.24, 2.45) is 23.7 Å². The van der Waals surface area contributed by atoms with Crippen LogP contribution in [0.3, 0.4) is 0 Å². The number of rotatable bonds is 0. The van der Waals surface area contributed by atoms with Crippen LogP contribution in [0.4, 0.5) is 0 Å². The first-order valence-corrected chi connectivity index (χ1v) is 6.37. The van der Waals surface area contributed by atoms with E-state index < -0.39 is 9.84 Å². The lowest BCUT2D eigenvalue weighted by Crippen LogP contribution is -2.16. The molecule has 0 spiro atoms. The minimum absolute atomic E-state index is 0.461. The monoisotopic (exact) mass is 184 g/mol. The average Bonchev–Trinajstić information content (AvgIpc) is 2.54. The zero-order valence-corrected chi connectivity index (χ0v) is 7.63. The molecule has 2 aliphatic carbocycles. The maximum absolute atomic E-state index is 11.3. The van der Waals surface area contributed by atoms with Crippen molar-refractivity contribution >= 4 is 9.84 Å². The van der Waals surface area contributed by atoms with Gasteiger partial charge in [-0.1, -0.05) is 12.2 Å². The first kappa shape index (κ1) is 7.13. The van der Waals surface area contributed by atoms with Gasteiger partial charge in [-0.2, -0.15) is 0 Å². The van der Waals surface area contributed by atoms with E-state index in [4.69, 9.17) is 0 Å². The van der Waals surface area contributed by atoms with Crippen molar-refractivity contribution in [1.29, 1.82) is 0 Å². The number of hydrogen-bond donors (Lipinski definition) is 0. The van der Waals surface area contributed by atoms with Crippen molar-refractivity contribution in [1.82, 2.24) is 0 Å². The summed E-state index contributed by atoms with van der Waals surface area (Å²) in [6.07, 6.45) is 5.68. The van der Waals surface area contributed by atoms with Crippen molar-refractivity contribution in [2.45, 2.75) is 6.42 Å². The van der Waals surface area contributed by atoms with Crippen LogP contribution in [0, 0.1) is 23.7 Å². The van der Waals surface area contributed by atoms with E-state index in [2.05, 4.69) is 12.2 Å². The van der Waals surface area contributed by atoms with Gasteiger partial charge in [0, 0.05) is 0 Å². The zero-order chi connectivity index (χ0) is 8.34. The maximum atomic E-state index is 11.3. The quantitative estimate of drug-likeness (QED) is 0.523. The molecule has 4 atom stereocenters. The van der Waals surface area contributed by atoms with E-state index in [0.717, 1.165) is 0 Å². The van der Waals surface area contributed by atoms with Crippen molar-refractivity contribution in [3.63, 3.8) is 0 Å². The number of fused-ring (bicyclic) bond motifs is 5. The Morgan fingerprint density at radius 2 is 1.50 bits per heavy atom. The smallest absolute Gasteiger partial charge is 0.150 e. The molecule has 0 radical (unpaired) electrons. The Morgan fingerprint density at radius 1 is 1.00 bits per heavy atom. The maximum Gasteiger partial charge on any atom is 0.150 e. The Morgan fingerprint density at radius 3 is 2.00 bits per heavy atom. The molecular weight excluding hydrogens is 172 g/mol. The minimum Gasteiger partial charge on any atom is -0.229 e. The fourth-order valence-electron chi connectivity index (χ4n) is 3.18. The highest BCUT2D eigenvalue weighted by atomic mass is 32.2. The van der Waals surface area contributed by atoms with E-state index in [1.165, 1.54) is 6.42 Å². The van der Waals surface area contributed by atoms with Crippen molar-refractivity contribution in [3.05, 3.63) is 12.2 Å². The van der Waals surface area contributed by atoms with Crippen LogP contribution >= 0.6 is 0 Å². The molecule has 0 N–H and O–H groups in total. The molecule has 2 nitrogen and oxygen atoms in total. The lowest BCUT2D eigenvalue weighted by molar-refractivity contribution is 0.395. The highest BCUT2D eigenvalue weighted by Gasteiger charge is 2.51. The van der Waals surface area contributed by atoms with E-state index in [9.17, 15) is 8.42 Å². The summed E-state index contributed by atoms with van der Waals surface area (Å²) in [7, 11) is -2.67. The summed E-state index contributed by atoms with van der Waals surface area (Å²) in [5.41, 5.74) is 0. The third-order valence-corrected chi connectivity index (χ3v) is 5.48. The highest BCUT2D eigenvalue weighted by Crippen LogP contribution is 2.51. The summed E-state index contributed by atoms with van der Waals surface area (Å²) in [6.45, 7) is 0. The Bertz CT molecular complexity index is 316. The third kappa shape index (κ3) is 0.777. The SMILES string of the molecule is O=S1(=O)C[C@@H]2[C@H](C1)[C@@H]1C=C[C@H]2C1. The summed E-state index contributed by atoms with van der Waals surface area (Å²) in [6, 6.07) is 0. The first-order chi connectivity index (χ1) is 5.66. The van der Waals surface area contributed by atoms with Gasteiger partial charge in [0.25, 0.3) is 0 Å². The lowest BCUT2D eigenvalue weighted by Gasteiger charge is -2.17. The van der Waals surface area contributed by atoms with Crippen LogP contribution in [0.5, 0.6) is 0 Å². The fraction of sp³-hybridized carbons (Fsp3) is 0.778. The van der Waals surface area contributed by atoms with Crippen LogP contribution in [0.15, 0.2) is 12.2 Å². The molecule has 0 aromatic carbocycles. The molecule has 12 heavy (non-hydrogen) atoms. The Kier molecular flexibility index (Phi) is 1.16. The van der Waals surface area contributed by atoms with E-state index >= 15 is 0 Å². The molecule has 1 heterocycles. The predicted octanol–water partition coefficient (Wildman–Crippen LogP) is 0.853. The Labute approximate surface area is 72.6 Å². The average molecular weight is 184 g/mol. The molecule has 0 aromatic heterocycles. The number of allylic oxidation sites excluding steroid dienone is 2. The molecule has 2 fully saturated rings. The summed E-state index contributed by atoms with van der Waals surface area (Å²) >= 11 is 0. The molecular formula is C9H12O2S. The molecule has 0 unspecified atom stereocenters. The van der Waals surface area contributed by atoms with Gasteiger partial charge in [-0.05, 0) is 30.1 Å². The number of sulfone groups is 1. The molecule has 1 aliphatic heterocycles. The van der Waals surface area contributed by atoms with Crippen LogP contribution in [-0.2, 0) is 9.84 Å². The van der Waals surface area contributed by atoms with Gasteiger partial charge >= 0.3 is 0 Å². The summed E-state index contributed by atoms with van der Waals surface area (Å²) in [5, 5.41) is 0. The van der Waals surface area contributed by atoms with Crippen molar-refractivity contribution < 1.29 is 8.42 Å². The first-order valence-electron chi connectivity index (χ1n) is 4.54. The highest BCUT2D eigenvalue weighted by molar-refractivity contribution is 7.91. The second kappa shape index (κ2) is 1.95. The van der Waals surface area contributed by atoms with E-state index in [1.807, 2.05) is 0 Å². The summed E-state index contributed by atoms with van der Waals surface area (Å²) in [4.78, 5) is 0. The van der Waals surface area contributed by atoms with E-state index in [1.54, 1.807) is 0 Å². The molecule has 0 aromatic rings. The van der Waals surface area contributed by atoms with Crippen LogP contribution in [0.1, 0.15) is 6.42 Å². The molecule has 1 saturated heterocycles. The molecule has 0 amide bonds. The van der Waals surface area contributed by atoms with E-state index in [-0.39, 0.29) is 0 Å². The topological polar surface area (TPSA) is 34.1 Å². The van der Waals surface area contributed by atoms with Crippen LogP contribution in [-0.4, -0.2) is 19.9 Å². The second-order valence-electron chi connectivity index (χ2n) is 4.35. The molecule has 66 valence electrons. The van der Waals surface area contributed by atoms with Crippen LogP contribution < -0.4 is 0 Å². The van der Waals surface area contributed by atoms with Crippen LogP contribution in [0.2, 0.25) is 0 Å². The number of hydrogen-bond acceptors (Lipinski definition) is 2. The minimum atomic E-state index is -2.67. The lowest BCUT2D eigenvalue weighted by atomic mass is 9.86. The van der Waals surface area contributed by atoms with Gasteiger partial charge in [-0.15, -0.1) is 0 Å². The van der Waals surface area contributed by atoms with Gasteiger partial charge in [0.15, 0.2) is 9.84 Å². The van der Waals surface area contributed by atoms with Crippen LogP contribution in [0.25, 0.3) is 0 Å². The zero-order valence-electron chi connectivity index (χ0n) is 6.81. The fourth-order valence-corrected chi connectivity index (χ4v) is 5.47. The van der Waals surface area contributed by atoms with Gasteiger partial charge < -0.3 is 0 Å². The molecule has 3 rings (SSSR count). The van der Waals surface area contributed by atoms with Gasteiger partial charge in [-0.25, -0.2) is 8.42 Å². The standard InChI is InChI=1S/C9H12O2S/c10-12(11)4-8-6-1-2-7(3-6)9(8)5-12/h1-2,6-9H,3-5H2/t6-,7+,8-,9+. The van der Waals surface area contributed by atoms with Gasteiger partial charge in [-0.3, -0.25) is 0 Å². The Hall–Kier alpha value is -0.310. The van der Waals surface area contributed by atoms with Gasteiger partial charge in [0.2, 0.25) is 0 Å². The third-order valence-electron chi connectivity index (χ3n) is 3.69. The predicted molar refractivity (Wildman–Crippen MR) is 46.4 cm³/mol. The summed E-state index contributed by atoms with van der Waals surface area (Å²) < 4.78 is 22.7. The molecule has 1 saturated carbocycles.